The molecule has 1 aromatic heterocycles. The molecule has 0 spiro atoms. The van der Waals surface area contributed by atoms with Crippen molar-refractivity contribution in [2.75, 3.05) is 49.6 Å². The molecule has 1 aliphatic heterocycles. The largest absolute Gasteiger partial charge is 0.378 e. The maximum absolute atomic E-state index is 11.5. The zero-order valence-corrected chi connectivity index (χ0v) is 14.1. The second-order valence-electron chi connectivity index (χ2n) is 5.64. The fourth-order valence-corrected chi connectivity index (χ4v) is 2.42. The molecular weight excluding hydrogens is 294 g/mol. The van der Waals surface area contributed by atoms with Gasteiger partial charge in [-0.25, -0.2) is 9.97 Å². The van der Waals surface area contributed by atoms with E-state index in [9.17, 15) is 4.79 Å². The van der Waals surface area contributed by atoms with Crippen molar-refractivity contribution >= 4 is 17.5 Å². The average molecular weight is 321 g/mol. The second kappa shape index (κ2) is 9.29. The molecule has 23 heavy (non-hydrogen) atoms. The van der Waals surface area contributed by atoms with Crippen molar-refractivity contribution in [1.82, 2.24) is 15.3 Å². The molecule has 1 saturated heterocycles. The summed E-state index contributed by atoms with van der Waals surface area (Å²) in [6.45, 7) is 8.38. The minimum absolute atomic E-state index is 0.113. The van der Waals surface area contributed by atoms with Crippen LogP contribution in [0.25, 0.3) is 0 Å². The Hall–Kier alpha value is -1.89. The minimum atomic E-state index is 0.113. The van der Waals surface area contributed by atoms with Crippen LogP contribution in [0, 0.1) is 6.92 Å². The number of anilines is 2. The Labute approximate surface area is 137 Å². The SMILES string of the molecule is CCCCC(=O)NCCNc1cc(N2CCOCC2)nc(C)n1. The number of carbonyl (C=O) groups is 1. The molecule has 2 N–H and O–H groups in total. The van der Waals surface area contributed by atoms with Gasteiger partial charge >= 0.3 is 0 Å². The van der Waals surface area contributed by atoms with Gasteiger partial charge in [-0.05, 0) is 13.3 Å². The van der Waals surface area contributed by atoms with Crippen LogP contribution in [0.1, 0.15) is 32.0 Å². The van der Waals surface area contributed by atoms with Gasteiger partial charge in [-0.3, -0.25) is 4.79 Å². The number of hydrogen-bond donors (Lipinski definition) is 2. The van der Waals surface area contributed by atoms with Crippen molar-refractivity contribution in [3.63, 3.8) is 0 Å². The summed E-state index contributed by atoms with van der Waals surface area (Å²) in [5, 5.41) is 6.16. The Kier molecular flexibility index (Phi) is 7.06. The van der Waals surface area contributed by atoms with Gasteiger partial charge in [0.15, 0.2) is 0 Å². The second-order valence-corrected chi connectivity index (χ2v) is 5.64. The molecule has 1 aliphatic rings. The zero-order chi connectivity index (χ0) is 16.5. The van der Waals surface area contributed by atoms with Gasteiger partial charge in [-0.2, -0.15) is 0 Å². The van der Waals surface area contributed by atoms with E-state index in [1.54, 1.807) is 0 Å². The van der Waals surface area contributed by atoms with E-state index in [4.69, 9.17) is 4.74 Å². The molecule has 7 heteroatoms. The maximum Gasteiger partial charge on any atom is 0.220 e. The number of hydrogen-bond acceptors (Lipinski definition) is 6. The number of aryl methyl sites for hydroxylation is 1. The first-order valence-corrected chi connectivity index (χ1v) is 8.38. The third-order valence-corrected chi connectivity index (χ3v) is 3.67. The van der Waals surface area contributed by atoms with Crippen molar-refractivity contribution in [3.05, 3.63) is 11.9 Å². The van der Waals surface area contributed by atoms with E-state index >= 15 is 0 Å². The van der Waals surface area contributed by atoms with Gasteiger partial charge in [-0.1, -0.05) is 13.3 Å². The summed E-state index contributed by atoms with van der Waals surface area (Å²) in [5.74, 6) is 2.57. The number of rotatable bonds is 8. The highest BCUT2D eigenvalue weighted by molar-refractivity contribution is 5.75. The molecule has 1 amide bonds. The van der Waals surface area contributed by atoms with E-state index in [0.717, 1.165) is 56.6 Å². The van der Waals surface area contributed by atoms with Gasteiger partial charge in [0.1, 0.15) is 17.5 Å². The normalized spacial score (nSPS) is 14.6. The highest BCUT2D eigenvalue weighted by Crippen LogP contribution is 2.16. The van der Waals surface area contributed by atoms with Crippen molar-refractivity contribution < 1.29 is 9.53 Å². The van der Waals surface area contributed by atoms with Gasteiger partial charge in [0, 0.05) is 38.7 Å². The first-order valence-electron chi connectivity index (χ1n) is 8.38. The highest BCUT2D eigenvalue weighted by Gasteiger charge is 2.14. The number of morpholine rings is 1. The number of ether oxygens (including phenoxy) is 1. The molecule has 128 valence electrons. The first kappa shape index (κ1) is 17.5. The first-order chi connectivity index (χ1) is 11.2. The van der Waals surface area contributed by atoms with Crippen LogP contribution in [0.3, 0.4) is 0 Å². The Balaban J connectivity index is 1.80. The van der Waals surface area contributed by atoms with E-state index in [-0.39, 0.29) is 5.91 Å². The monoisotopic (exact) mass is 321 g/mol. The van der Waals surface area contributed by atoms with Crippen molar-refractivity contribution in [2.45, 2.75) is 33.1 Å². The lowest BCUT2D eigenvalue weighted by atomic mass is 10.2. The molecule has 7 nitrogen and oxygen atoms in total. The van der Waals surface area contributed by atoms with Gasteiger partial charge in [0.25, 0.3) is 0 Å². The lowest BCUT2D eigenvalue weighted by molar-refractivity contribution is -0.121. The Morgan fingerprint density at radius 2 is 2.09 bits per heavy atom. The lowest BCUT2D eigenvalue weighted by Gasteiger charge is -2.28. The molecule has 0 aromatic carbocycles. The standard InChI is InChI=1S/C16H27N5O2/c1-3-4-5-16(22)18-7-6-17-14-12-15(20-13(2)19-14)21-8-10-23-11-9-21/h12H,3-11H2,1-2H3,(H,18,22)(H,17,19,20). The summed E-state index contributed by atoms with van der Waals surface area (Å²) in [4.78, 5) is 22.6. The van der Waals surface area contributed by atoms with Crippen molar-refractivity contribution in [1.29, 1.82) is 0 Å². The van der Waals surface area contributed by atoms with E-state index in [2.05, 4.69) is 32.4 Å². The molecule has 0 radical (unpaired) electrons. The molecule has 1 aromatic rings. The fourth-order valence-electron chi connectivity index (χ4n) is 2.42. The molecule has 2 rings (SSSR count). The molecular formula is C16H27N5O2. The Morgan fingerprint density at radius 1 is 1.30 bits per heavy atom. The van der Waals surface area contributed by atoms with Gasteiger partial charge in [0.05, 0.1) is 13.2 Å². The average Bonchev–Trinajstić information content (AvgIpc) is 2.57. The quantitative estimate of drug-likeness (QED) is 0.704. The van der Waals surface area contributed by atoms with Crippen LogP contribution < -0.4 is 15.5 Å². The number of unbranched alkanes of at least 4 members (excludes halogenated alkanes) is 1. The Bertz CT molecular complexity index is 503. The van der Waals surface area contributed by atoms with E-state index in [1.165, 1.54) is 0 Å². The lowest BCUT2D eigenvalue weighted by Crippen LogP contribution is -2.37. The predicted molar refractivity (Wildman–Crippen MR) is 90.8 cm³/mol. The van der Waals surface area contributed by atoms with Gasteiger partial charge in [0.2, 0.25) is 5.91 Å². The summed E-state index contributed by atoms with van der Waals surface area (Å²) in [6.07, 6.45) is 2.58. The summed E-state index contributed by atoms with van der Waals surface area (Å²) in [5.41, 5.74) is 0. The maximum atomic E-state index is 11.5. The number of nitrogens with one attached hydrogen (secondary N) is 2. The molecule has 0 saturated carbocycles. The van der Waals surface area contributed by atoms with E-state index in [1.807, 2.05) is 13.0 Å². The van der Waals surface area contributed by atoms with Crippen LogP contribution in [0.15, 0.2) is 6.07 Å². The summed E-state index contributed by atoms with van der Waals surface area (Å²) in [7, 11) is 0. The predicted octanol–water partition coefficient (Wildman–Crippen LogP) is 1.34. The molecule has 1 fully saturated rings. The number of carbonyl (C=O) groups excluding carboxylic acids is 1. The van der Waals surface area contributed by atoms with Crippen LogP contribution in [0.4, 0.5) is 11.6 Å². The highest BCUT2D eigenvalue weighted by atomic mass is 16.5. The van der Waals surface area contributed by atoms with Crippen LogP contribution in [-0.4, -0.2) is 55.3 Å². The molecule has 0 aliphatic carbocycles. The topological polar surface area (TPSA) is 79.4 Å². The van der Waals surface area contributed by atoms with E-state index < -0.39 is 0 Å². The third-order valence-electron chi connectivity index (χ3n) is 3.67. The summed E-state index contributed by atoms with van der Waals surface area (Å²) < 4.78 is 5.37. The number of aromatic nitrogens is 2. The Morgan fingerprint density at radius 3 is 2.83 bits per heavy atom. The van der Waals surface area contributed by atoms with Gasteiger partial charge < -0.3 is 20.3 Å². The molecule has 0 atom stereocenters. The fraction of sp³-hybridized carbons (Fsp3) is 0.688. The molecule has 0 unspecified atom stereocenters. The van der Waals surface area contributed by atoms with E-state index in [0.29, 0.717) is 19.5 Å². The van der Waals surface area contributed by atoms with Crippen LogP contribution in [-0.2, 0) is 9.53 Å². The van der Waals surface area contributed by atoms with Crippen molar-refractivity contribution in [2.24, 2.45) is 0 Å². The van der Waals surface area contributed by atoms with Crippen molar-refractivity contribution in [3.8, 4) is 0 Å². The summed E-state index contributed by atoms with van der Waals surface area (Å²) in [6, 6.07) is 1.96. The summed E-state index contributed by atoms with van der Waals surface area (Å²) >= 11 is 0. The third kappa shape index (κ3) is 6.02. The van der Waals surface area contributed by atoms with Gasteiger partial charge in [-0.15, -0.1) is 0 Å². The molecule has 0 bridgehead atoms. The van der Waals surface area contributed by atoms with Crippen LogP contribution in [0.5, 0.6) is 0 Å². The number of amides is 1. The van der Waals surface area contributed by atoms with Crippen LogP contribution in [0.2, 0.25) is 0 Å². The minimum Gasteiger partial charge on any atom is -0.378 e. The molecule has 2 heterocycles. The smallest absolute Gasteiger partial charge is 0.220 e. The van der Waals surface area contributed by atoms with Crippen LogP contribution >= 0.6 is 0 Å². The number of nitrogens with zero attached hydrogens (tertiary/aromatic N) is 3. The zero-order valence-electron chi connectivity index (χ0n) is 14.1.